The minimum absolute atomic E-state index is 0.0498. The zero-order chi connectivity index (χ0) is 17.6. The van der Waals surface area contributed by atoms with Crippen LogP contribution in [0.2, 0.25) is 0 Å². The van der Waals surface area contributed by atoms with Crippen LogP contribution in [0.4, 0.5) is 5.69 Å². The topological polar surface area (TPSA) is 39.7 Å². The van der Waals surface area contributed by atoms with Crippen LogP contribution in [-0.2, 0) is 6.54 Å². The summed E-state index contributed by atoms with van der Waals surface area (Å²) in [5, 5.41) is 0. The number of piperazine rings is 1. The molecule has 1 aliphatic heterocycles. The monoisotopic (exact) mass is 338 g/mol. The van der Waals surface area contributed by atoms with Crippen molar-refractivity contribution in [2.24, 2.45) is 0 Å². The van der Waals surface area contributed by atoms with Crippen molar-refractivity contribution in [3.05, 3.63) is 59.9 Å². The maximum absolute atomic E-state index is 12.6. The Labute approximate surface area is 149 Å². The number of nitrogens with zero attached hydrogens (tertiary/aromatic N) is 4. The average Bonchev–Trinajstić information content (AvgIpc) is 2.68. The van der Waals surface area contributed by atoms with Gasteiger partial charge in [0.05, 0.1) is 11.9 Å². The summed E-state index contributed by atoms with van der Waals surface area (Å²) < 4.78 is 0. The molecule has 0 aliphatic carbocycles. The van der Waals surface area contributed by atoms with E-state index in [9.17, 15) is 4.79 Å². The van der Waals surface area contributed by atoms with Crippen molar-refractivity contribution in [3.63, 3.8) is 0 Å². The van der Waals surface area contributed by atoms with E-state index in [2.05, 4.69) is 21.7 Å². The maximum Gasteiger partial charge on any atom is 0.272 e. The van der Waals surface area contributed by atoms with E-state index in [0.29, 0.717) is 12.2 Å². The molecule has 0 saturated carbocycles. The van der Waals surface area contributed by atoms with Crippen molar-refractivity contribution in [3.8, 4) is 0 Å². The van der Waals surface area contributed by atoms with Crippen LogP contribution in [0.1, 0.15) is 23.0 Å². The molecule has 0 radical (unpaired) electrons. The smallest absolute Gasteiger partial charge is 0.272 e. The van der Waals surface area contributed by atoms with Crippen molar-refractivity contribution >= 4 is 11.6 Å². The molecule has 0 atom stereocenters. The summed E-state index contributed by atoms with van der Waals surface area (Å²) in [5.41, 5.74) is 2.70. The lowest BCUT2D eigenvalue weighted by Gasteiger charge is -2.35. The first kappa shape index (κ1) is 17.4. The molecule has 2 heterocycles. The number of anilines is 1. The van der Waals surface area contributed by atoms with Gasteiger partial charge in [0.2, 0.25) is 0 Å². The normalized spacial score (nSPS) is 15.2. The summed E-state index contributed by atoms with van der Waals surface area (Å²) in [6.45, 7) is 8.07. The van der Waals surface area contributed by atoms with E-state index in [1.54, 1.807) is 4.90 Å². The summed E-state index contributed by atoms with van der Waals surface area (Å²) in [7, 11) is 1.81. The Morgan fingerprint density at radius 1 is 1.08 bits per heavy atom. The molecule has 1 aromatic heterocycles. The number of hydrogen-bond donors (Lipinski definition) is 0. The SMILES string of the molecule is CCN1CCN(c2ccc(C(=O)N(C)Cc3ccccc3)nc2)CC1. The van der Waals surface area contributed by atoms with Gasteiger partial charge in [0.25, 0.3) is 5.91 Å². The quantitative estimate of drug-likeness (QED) is 0.840. The highest BCUT2D eigenvalue weighted by molar-refractivity contribution is 5.92. The number of rotatable bonds is 5. The van der Waals surface area contributed by atoms with Gasteiger partial charge in [0, 0.05) is 39.8 Å². The third kappa shape index (κ3) is 4.37. The van der Waals surface area contributed by atoms with Gasteiger partial charge in [-0.05, 0) is 24.2 Å². The predicted molar refractivity (Wildman–Crippen MR) is 101 cm³/mol. The molecule has 1 fully saturated rings. The molecule has 1 aliphatic rings. The van der Waals surface area contributed by atoms with Gasteiger partial charge < -0.3 is 14.7 Å². The van der Waals surface area contributed by atoms with Gasteiger partial charge in [0.15, 0.2) is 0 Å². The summed E-state index contributed by atoms with van der Waals surface area (Å²) in [6, 6.07) is 13.8. The van der Waals surface area contributed by atoms with Crippen LogP contribution in [0.25, 0.3) is 0 Å². The first-order valence-corrected chi connectivity index (χ1v) is 8.90. The highest BCUT2D eigenvalue weighted by Crippen LogP contribution is 2.16. The van der Waals surface area contributed by atoms with E-state index in [4.69, 9.17) is 0 Å². The van der Waals surface area contributed by atoms with Crippen LogP contribution in [-0.4, -0.2) is 60.5 Å². The lowest BCUT2D eigenvalue weighted by Crippen LogP contribution is -2.46. The third-order valence-electron chi connectivity index (χ3n) is 4.76. The Morgan fingerprint density at radius 2 is 1.80 bits per heavy atom. The van der Waals surface area contributed by atoms with Crippen LogP contribution in [0.15, 0.2) is 48.7 Å². The first-order chi connectivity index (χ1) is 12.2. The van der Waals surface area contributed by atoms with E-state index in [-0.39, 0.29) is 5.91 Å². The fourth-order valence-corrected chi connectivity index (χ4v) is 3.15. The zero-order valence-electron chi connectivity index (χ0n) is 15.1. The number of pyridine rings is 1. The molecule has 5 nitrogen and oxygen atoms in total. The molecule has 1 aromatic carbocycles. The van der Waals surface area contributed by atoms with E-state index in [1.165, 1.54) is 0 Å². The Hall–Kier alpha value is -2.40. The number of benzene rings is 1. The summed E-state index contributed by atoms with van der Waals surface area (Å²) in [5.74, 6) is -0.0498. The van der Waals surface area contributed by atoms with Crippen molar-refractivity contribution < 1.29 is 4.79 Å². The molecule has 25 heavy (non-hydrogen) atoms. The van der Waals surface area contributed by atoms with Gasteiger partial charge >= 0.3 is 0 Å². The van der Waals surface area contributed by atoms with E-state index >= 15 is 0 Å². The Bertz CT molecular complexity index is 679. The van der Waals surface area contributed by atoms with Gasteiger partial charge in [-0.15, -0.1) is 0 Å². The Balaban J connectivity index is 1.60. The minimum atomic E-state index is -0.0498. The number of amides is 1. The Kier molecular flexibility index (Phi) is 5.66. The molecule has 0 N–H and O–H groups in total. The van der Waals surface area contributed by atoms with Crippen molar-refractivity contribution in [2.75, 3.05) is 44.7 Å². The minimum Gasteiger partial charge on any atom is -0.368 e. The largest absolute Gasteiger partial charge is 0.368 e. The van der Waals surface area contributed by atoms with Crippen LogP contribution in [0, 0.1) is 0 Å². The summed E-state index contributed by atoms with van der Waals surface area (Å²) in [4.78, 5) is 23.5. The van der Waals surface area contributed by atoms with Gasteiger partial charge in [0.1, 0.15) is 5.69 Å². The van der Waals surface area contributed by atoms with Gasteiger partial charge in [-0.3, -0.25) is 4.79 Å². The van der Waals surface area contributed by atoms with Crippen molar-refractivity contribution in [2.45, 2.75) is 13.5 Å². The highest BCUT2D eigenvalue weighted by Gasteiger charge is 2.18. The fourth-order valence-electron chi connectivity index (χ4n) is 3.15. The molecule has 0 unspecified atom stereocenters. The maximum atomic E-state index is 12.6. The molecule has 2 aromatic rings. The van der Waals surface area contributed by atoms with Crippen LogP contribution < -0.4 is 4.90 Å². The summed E-state index contributed by atoms with van der Waals surface area (Å²) in [6.07, 6.45) is 1.82. The van der Waals surface area contributed by atoms with E-state index < -0.39 is 0 Å². The third-order valence-corrected chi connectivity index (χ3v) is 4.76. The molecule has 0 bridgehead atoms. The standard InChI is InChI=1S/C20H26N4O/c1-3-23-11-13-24(14-12-23)18-9-10-19(21-15-18)20(25)22(2)16-17-7-5-4-6-8-17/h4-10,15H,3,11-14,16H2,1-2H3. The lowest BCUT2D eigenvalue weighted by molar-refractivity contribution is 0.0779. The van der Waals surface area contributed by atoms with E-state index in [0.717, 1.165) is 44.0 Å². The predicted octanol–water partition coefficient (Wildman–Crippen LogP) is 2.50. The molecule has 0 spiro atoms. The van der Waals surface area contributed by atoms with Gasteiger partial charge in [-0.2, -0.15) is 0 Å². The fraction of sp³-hybridized carbons (Fsp3) is 0.400. The van der Waals surface area contributed by atoms with Crippen LogP contribution in [0.5, 0.6) is 0 Å². The van der Waals surface area contributed by atoms with Crippen LogP contribution in [0.3, 0.4) is 0 Å². The Morgan fingerprint density at radius 3 is 2.40 bits per heavy atom. The first-order valence-electron chi connectivity index (χ1n) is 8.90. The second-order valence-electron chi connectivity index (χ2n) is 6.47. The summed E-state index contributed by atoms with van der Waals surface area (Å²) >= 11 is 0. The number of hydrogen-bond acceptors (Lipinski definition) is 4. The molecular weight excluding hydrogens is 312 g/mol. The average molecular weight is 338 g/mol. The number of carbonyl (C=O) groups is 1. The van der Waals surface area contributed by atoms with Crippen LogP contribution >= 0.6 is 0 Å². The van der Waals surface area contributed by atoms with Gasteiger partial charge in [-0.1, -0.05) is 37.3 Å². The second kappa shape index (κ2) is 8.12. The molecular formula is C20H26N4O. The number of aromatic nitrogens is 1. The molecule has 3 rings (SSSR count). The number of likely N-dealkylation sites (N-methyl/N-ethyl adjacent to an activating group) is 1. The zero-order valence-corrected chi connectivity index (χ0v) is 15.1. The number of carbonyl (C=O) groups excluding carboxylic acids is 1. The second-order valence-corrected chi connectivity index (χ2v) is 6.47. The van der Waals surface area contributed by atoms with Gasteiger partial charge in [-0.25, -0.2) is 4.98 Å². The molecule has 1 saturated heterocycles. The molecule has 1 amide bonds. The van der Waals surface area contributed by atoms with Crippen molar-refractivity contribution in [1.29, 1.82) is 0 Å². The lowest BCUT2D eigenvalue weighted by atomic mass is 10.2. The molecule has 132 valence electrons. The van der Waals surface area contributed by atoms with E-state index in [1.807, 2.05) is 55.7 Å². The highest BCUT2D eigenvalue weighted by atomic mass is 16.2. The van der Waals surface area contributed by atoms with Crippen molar-refractivity contribution in [1.82, 2.24) is 14.8 Å². The molecule has 5 heteroatoms.